The van der Waals surface area contributed by atoms with Gasteiger partial charge >= 0.3 is 0 Å². The largest absolute Gasteiger partial charge is 0.506 e. The fraction of sp³-hybridized carbons (Fsp3) is 0.571. The summed E-state index contributed by atoms with van der Waals surface area (Å²) < 4.78 is 0. The summed E-state index contributed by atoms with van der Waals surface area (Å²) >= 11 is 0. The first-order valence-corrected chi connectivity index (χ1v) is 6.75. The van der Waals surface area contributed by atoms with Crippen LogP contribution in [0.4, 0.5) is 0 Å². The Labute approximate surface area is 113 Å². The summed E-state index contributed by atoms with van der Waals surface area (Å²) in [4.78, 5) is 20.2. The van der Waals surface area contributed by atoms with Crippen LogP contribution in [0.2, 0.25) is 0 Å². The van der Waals surface area contributed by atoms with Gasteiger partial charge in [0.2, 0.25) is 0 Å². The van der Waals surface area contributed by atoms with Crippen LogP contribution in [0, 0.1) is 0 Å². The third-order valence-electron chi connectivity index (χ3n) is 3.71. The van der Waals surface area contributed by atoms with Gasteiger partial charge in [0.05, 0.1) is 11.8 Å². The number of pyridine rings is 1. The predicted octanol–water partition coefficient (Wildman–Crippen LogP) is 1.34. The highest BCUT2D eigenvalue weighted by Gasteiger charge is 2.25. The molecule has 1 aliphatic rings. The Morgan fingerprint density at radius 3 is 3.05 bits per heavy atom. The molecular formula is C14H21N3O2. The van der Waals surface area contributed by atoms with Gasteiger partial charge in [-0.1, -0.05) is 6.92 Å². The predicted molar refractivity (Wildman–Crippen MR) is 73.1 cm³/mol. The lowest BCUT2D eigenvalue weighted by Crippen LogP contribution is -2.41. The van der Waals surface area contributed by atoms with Gasteiger partial charge in [0.1, 0.15) is 5.75 Å². The van der Waals surface area contributed by atoms with Crippen LogP contribution in [-0.2, 0) is 0 Å². The van der Waals surface area contributed by atoms with Gasteiger partial charge in [-0.3, -0.25) is 14.7 Å². The fourth-order valence-electron chi connectivity index (χ4n) is 2.68. The maximum atomic E-state index is 12.2. The lowest BCUT2D eigenvalue weighted by Gasteiger charge is -2.27. The molecule has 2 rings (SSSR count). The molecule has 1 amide bonds. The SMILES string of the molecule is CCN1CCCC1CN(C)C(=O)c1cncc(O)c1. The number of amides is 1. The van der Waals surface area contributed by atoms with Crippen molar-refractivity contribution in [3.05, 3.63) is 24.0 Å². The van der Waals surface area contributed by atoms with E-state index in [1.54, 1.807) is 11.9 Å². The minimum atomic E-state index is -0.0913. The summed E-state index contributed by atoms with van der Waals surface area (Å²) in [5.74, 6) is -0.0679. The first kappa shape index (κ1) is 13.8. The molecule has 1 aliphatic heterocycles. The maximum Gasteiger partial charge on any atom is 0.255 e. The molecule has 0 aromatic carbocycles. The topological polar surface area (TPSA) is 56.7 Å². The van der Waals surface area contributed by atoms with Gasteiger partial charge in [-0.25, -0.2) is 0 Å². The van der Waals surface area contributed by atoms with Crippen molar-refractivity contribution in [3.63, 3.8) is 0 Å². The molecule has 1 saturated heterocycles. The lowest BCUT2D eigenvalue weighted by atomic mass is 10.2. The summed E-state index contributed by atoms with van der Waals surface area (Å²) in [6.07, 6.45) is 5.16. The normalized spacial score (nSPS) is 19.6. The summed E-state index contributed by atoms with van der Waals surface area (Å²) in [7, 11) is 1.80. The van der Waals surface area contributed by atoms with E-state index < -0.39 is 0 Å². The van der Waals surface area contributed by atoms with Gasteiger partial charge in [-0.05, 0) is 32.0 Å². The smallest absolute Gasteiger partial charge is 0.255 e. The molecule has 1 unspecified atom stereocenters. The average molecular weight is 263 g/mol. The molecule has 5 heteroatoms. The van der Waals surface area contributed by atoms with E-state index >= 15 is 0 Å². The van der Waals surface area contributed by atoms with Gasteiger partial charge in [-0.2, -0.15) is 0 Å². The Bertz CT molecular complexity index is 450. The van der Waals surface area contributed by atoms with Crippen LogP contribution in [0.15, 0.2) is 18.5 Å². The first-order chi connectivity index (χ1) is 9.11. The van der Waals surface area contributed by atoms with Crippen molar-refractivity contribution in [3.8, 4) is 5.75 Å². The molecular weight excluding hydrogens is 242 g/mol. The van der Waals surface area contributed by atoms with E-state index in [0.717, 1.165) is 26.1 Å². The van der Waals surface area contributed by atoms with Crippen molar-refractivity contribution in [1.29, 1.82) is 0 Å². The number of likely N-dealkylation sites (N-methyl/N-ethyl adjacent to an activating group) is 2. The number of rotatable bonds is 4. The molecule has 1 fully saturated rings. The maximum absolute atomic E-state index is 12.2. The zero-order chi connectivity index (χ0) is 13.8. The summed E-state index contributed by atoms with van der Waals surface area (Å²) in [6, 6.07) is 1.90. The molecule has 0 spiro atoms. The number of aromatic hydroxyl groups is 1. The van der Waals surface area contributed by atoms with Crippen LogP contribution in [0.25, 0.3) is 0 Å². The van der Waals surface area contributed by atoms with Gasteiger partial charge < -0.3 is 10.0 Å². The summed E-state index contributed by atoms with van der Waals surface area (Å²) in [6.45, 7) is 5.03. The third kappa shape index (κ3) is 3.23. The van der Waals surface area contributed by atoms with E-state index in [1.807, 2.05) is 0 Å². The molecule has 1 atom stereocenters. The summed E-state index contributed by atoms with van der Waals surface area (Å²) in [5, 5.41) is 9.37. The standard InChI is InChI=1S/C14H21N3O2/c1-3-17-6-4-5-12(17)10-16(2)14(19)11-7-13(18)9-15-8-11/h7-9,12,18H,3-6,10H2,1-2H3. The first-order valence-electron chi connectivity index (χ1n) is 6.75. The Morgan fingerprint density at radius 2 is 2.37 bits per heavy atom. The van der Waals surface area contributed by atoms with E-state index in [0.29, 0.717) is 11.6 Å². The number of carbonyl (C=O) groups excluding carboxylic acids is 1. The van der Waals surface area contributed by atoms with Gasteiger partial charge in [0.15, 0.2) is 0 Å². The molecule has 19 heavy (non-hydrogen) atoms. The van der Waals surface area contributed by atoms with Crippen LogP contribution in [-0.4, -0.2) is 58.5 Å². The number of carbonyl (C=O) groups is 1. The Kier molecular flexibility index (Phi) is 4.37. The zero-order valence-corrected chi connectivity index (χ0v) is 11.5. The molecule has 1 aromatic heterocycles. The van der Waals surface area contributed by atoms with Crippen molar-refractivity contribution in [1.82, 2.24) is 14.8 Å². The third-order valence-corrected chi connectivity index (χ3v) is 3.71. The molecule has 0 radical (unpaired) electrons. The second-order valence-corrected chi connectivity index (χ2v) is 5.04. The summed E-state index contributed by atoms with van der Waals surface area (Å²) in [5.41, 5.74) is 0.434. The van der Waals surface area contributed by atoms with Crippen molar-refractivity contribution in [2.75, 3.05) is 26.7 Å². The molecule has 0 saturated carbocycles. The highest BCUT2D eigenvalue weighted by Crippen LogP contribution is 2.18. The zero-order valence-electron chi connectivity index (χ0n) is 11.5. The van der Waals surface area contributed by atoms with Crippen LogP contribution in [0.1, 0.15) is 30.1 Å². The van der Waals surface area contributed by atoms with Gasteiger partial charge in [0, 0.05) is 25.8 Å². The van der Waals surface area contributed by atoms with E-state index in [4.69, 9.17) is 0 Å². The highest BCUT2D eigenvalue weighted by molar-refractivity contribution is 5.94. The minimum Gasteiger partial charge on any atom is -0.506 e. The van der Waals surface area contributed by atoms with Crippen molar-refractivity contribution >= 4 is 5.91 Å². The quantitative estimate of drug-likeness (QED) is 0.890. The second-order valence-electron chi connectivity index (χ2n) is 5.04. The molecule has 2 heterocycles. The molecule has 0 aliphatic carbocycles. The Morgan fingerprint density at radius 1 is 1.58 bits per heavy atom. The Hall–Kier alpha value is -1.62. The monoisotopic (exact) mass is 263 g/mol. The van der Waals surface area contributed by atoms with E-state index in [2.05, 4.69) is 16.8 Å². The number of hydrogen-bond acceptors (Lipinski definition) is 4. The van der Waals surface area contributed by atoms with Crippen molar-refractivity contribution in [2.24, 2.45) is 0 Å². The van der Waals surface area contributed by atoms with Crippen molar-refractivity contribution in [2.45, 2.75) is 25.8 Å². The number of hydrogen-bond donors (Lipinski definition) is 1. The van der Waals surface area contributed by atoms with Crippen molar-refractivity contribution < 1.29 is 9.90 Å². The Balaban J connectivity index is 1.99. The molecule has 1 aromatic rings. The minimum absolute atomic E-state index is 0.0234. The molecule has 1 N–H and O–H groups in total. The second kappa shape index (κ2) is 6.02. The number of aromatic nitrogens is 1. The number of nitrogens with zero attached hydrogens (tertiary/aromatic N) is 3. The van der Waals surface area contributed by atoms with Crippen LogP contribution >= 0.6 is 0 Å². The molecule has 0 bridgehead atoms. The van der Waals surface area contributed by atoms with Gasteiger partial charge in [-0.15, -0.1) is 0 Å². The molecule has 104 valence electrons. The number of likely N-dealkylation sites (tertiary alicyclic amines) is 1. The van der Waals surface area contributed by atoms with Crippen LogP contribution in [0.3, 0.4) is 0 Å². The van der Waals surface area contributed by atoms with E-state index in [-0.39, 0.29) is 11.7 Å². The fourth-order valence-corrected chi connectivity index (χ4v) is 2.68. The lowest BCUT2D eigenvalue weighted by molar-refractivity contribution is 0.0754. The highest BCUT2D eigenvalue weighted by atomic mass is 16.3. The van der Waals surface area contributed by atoms with E-state index in [1.165, 1.54) is 24.9 Å². The molecule has 5 nitrogen and oxygen atoms in total. The van der Waals surface area contributed by atoms with Gasteiger partial charge in [0.25, 0.3) is 5.91 Å². The van der Waals surface area contributed by atoms with E-state index in [9.17, 15) is 9.90 Å². The average Bonchev–Trinajstić information content (AvgIpc) is 2.85. The van der Waals surface area contributed by atoms with Crippen LogP contribution < -0.4 is 0 Å². The van der Waals surface area contributed by atoms with Crippen LogP contribution in [0.5, 0.6) is 5.75 Å².